The summed E-state index contributed by atoms with van der Waals surface area (Å²) in [7, 11) is 0. The minimum atomic E-state index is -0.140. The Balaban J connectivity index is 1.53. The second-order valence-electron chi connectivity index (χ2n) is 6.83. The van der Waals surface area contributed by atoms with E-state index in [-0.39, 0.29) is 17.7 Å². The maximum Gasteiger partial charge on any atom is 0.228 e. The second-order valence-corrected chi connectivity index (χ2v) is 7.77. The van der Waals surface area contributed by atoms with Crippen molar-refractivity contribution in [1.82, 2.24) is 15.2 Å². The van der Waals surface area contributed by atoms with Crippen molar-refractivity contribution in [3.8, 4) is 0 Å². The van der Waals surface area contributed by atoms with Crippen LogP contribution in [-0.2, 0) is 22.4 Å². The molecule has 2 amide bonds. The quantitative estimate of drug-likeness (QED) is 0.756. The first-order valence-electron chi connectivity index (χ1n) is 9.38. The van der Waals surface area contributed by atoms with Crippen LogP contribution < -0.4 is 11.1 Å². The molecule has 1 aromatic heterocycles. The zero-order valence-electron chi connectivity index (χ0n) is 15.4. The summed E-state index contributed by atoms with van der Waals surface area (Å²) in [4.78, 5) is 31.2. The Labute approximate surface area is 163 Å². The number of aromatic nitrogens is 1. The molecule has 1 saturated heterocycles. The van der Waals surface area contributed by atoms with E-state index in [1.54, 1.807) is 16.2 Å². The molecule has 1 aromatic carbocycles. The maximum atomic E-state index is 12.7. The van der Waals surface area contributed by atoms with Crippen LogP contribution in [0.3, 0.4) is 0 Å². The fourth-order valence-electron chi connectivity index (χ4n) is 3.31. The molecule has 2 aromatic rings. The van der Waals surface area contributed by atoms with E-state index >= 15 is 0 Å². The average Bonchev–Trinajstić information content (AvgIpc) is 3.13. The molecule has 0 aliphatic carbocycles. The molecule has 0 spiro atoms. The van der Waals surface area contributed by atoms with E-state index in [1.807, 2.05) is 23.6 Å². The van der Waals surface area contributed by atoms with E-state index in [2.05, 4.69) is 22.4 Å². The van der Waals surface area contributed by atoms with Gasteiger partial charge in [-0.2, -0.15) is 0 Å². The number of carbonyl (C=O) groups is 2. The van der Waals surface area contributed by atoms with Gasteiger partial charge in [-0.3, -0.25) is 9.59 Å². The van der Waals surface area contributed by atoms with Gasteiger partial charge in [0.1, 0.15) is 0 Å². The molecular weight excluding hydrogens is 360 g/mol. The molecular formula is C20H26N4O2S. The number of rotatable bonds is 7. The Morgan fingerprint density at radius 3 is 2.89 bits per heavy atom. The average molecular weight is 387 g/mol. The topological polar surface area (TPSA) is 88.3 Å². The molecule has 6 nitrogen and oxygen atoms in total. The summed E-state index contributed by atoms with van der Waals surface area (Å²) in [6, 6.07) is 10.2. The van der Waals surface area contributed by atoms with Gasteiger partial charge in [0.2, 0.25) is 11.8 Å². The molecule has 0 radical (unpaired) electrons. The molecule has 1 aliphatic heterocycles. The van der Waals surface area contributed by atoms with E-state index in [0.717, 1.165) is 30.0 Å². The minimum Gasteiger partial charge on any atom is -0.355 e. The monoisotopic (exact) mass is 386 g/mol. The number of benzene rings is 1. The molecule has 1 fully saturated rings. The third kappa shape index (κ3) is 5.61. The van der Waals surface area contributed by atoms with Crippen LogP contribution in [0.25, 0.3) is 0 Å². The van der Waals surface area contributed by atoms with E-state index < -0.39 is 0 Å². The Morgan fingerprint density at radius 1 is 1.30 bits per heavy atom. The van der Waals surface area contributed by atoms with Gasteiger partial charge in [-0.15, -0.1) is 11.3 Å². The zero-order chi connectivity index (χ0) is 19.1. The van der Waals surface area contributed by atoms with Crippen LogP contribution in [0.1, 0.15) is 29.1 Å². The largest absolute Gasteiger partial charge is 0.355 e. The van der Waals surface area contributed by atoms with Gasteiger partial charge in [0.15, 0.2) is 0 Å². The van der Waals surface area contributed by atoms with Gasteiger partial charge in [0.05, 0.1) is 23.0 Å². The number of hydrogen-bond donors (Lipinski definition) is 2. The van der Waals surface area contributed by atoms with Crippen LogP contribution in [0.2, 0.25) is 0 Å². The van der Waals surface area contributed by atoms with Crippen molar-refractivity contribution in [3.05, 3.63) is 52.0 Å². The van der Waals surface area contributed by atoms with E-state index in [9.17, 15) is 9.59 Å². The number of thiazole rings is 1. The zero-order valence-corrected chi connectivity index (χ0v) is 16.2. The van der Waals surface area contributed by atoms with Crippen molar-refractivity contribution in [2.75, 3.05) is 26.2 Å². The second kappa shape index (κ2) is 9.62. The summed E-state index contributed by atoms with van der Waals surface area (Å²) in [6.45, 7) is 2.10. The van der Waals surface area contributed by atoms with Crippen molar-refractivity contribution in [3.63, 3.8) is 0 Å². The van der Waals surface area contributed by atoms with E-state index in [1.165, 1.54) is 5.56 Å². The van der Waals surface area contributed by atoms with Crippen molar-refractivity contribution >= 4 is 23.2 Å². The number of amides is 2. The molecule has 2 heterocycles. The van der Waals surface area contributed by atoms with Gasteiger partial charge in [-0.05, 0) is 18.4 Å². The van der Waals surface area contributed by atoms with E-state index in [4.69, 9.17) is 5.73 Å². The highest BCUT2D eigenvalue weighted by atomic mass is 32.1. The summed E-state index contributed by atoms with van der Waals surface area (Å²) in [5.74, 6) is -0.0991. The van der Waals surface area contributed by atoms with Gasteiger partial charge in [-0.1, -0.05) is 30.3 Å². The Kier molecular flexibility index (Phi) is 6.95. The molecule has 0 saturated carbocycles. The van der Waals surface area contributed by atoms with Crippen LogP contribution in [-0.4, -0.2) is 47.9 Å². The number of carbonyl (C=O) groups excluding carboxylic acids is 2. The van der Waals surface area contributed by atoms with Gasteiger partial charge < -0.3 is 16.0 Å². The lowest BCUT2D eigenvalue weighted by molar-refractivity contribution is -0.135. The van der Waals surface area contributed by atoms with Crippen molar-refractivity contribution in [2.24, 2.45) is 11.7 Å². The molecule has 0 bridgehead atoms. The van der Waals surface area contributed by atoms with Crippen molar-refractivity contribution in [2.45, 2.75) is 25.7 Å². The first-order valence-corrected chi connectivity index (χ1v) is 10.3. The van der Waals surface area contributed by atoms with Crippen molar-refractivity contribution < 1.29 is 9.59 Å². The van der Waals surface area contributed by atoms with Gasteiger partial charge in [0, 0.05) is 38.0 Å². The number of nitrogens with one attached hydrogen (secondary N) is 1. The summed E-state index contributed by atoms with van der Waals surface area (Å²) in [6.07, 6.45) is 2.75. The molecule has 3 rings (SSSR count). The highest BCUT2D eigenvalue weighted by Gasteiger charge is 2.28. The maximum absolute atomic E-state index is 12.7. The van der Waals surface area contributed by atoms with Crippen molar-refractivity contribution in [1.29, 1.82) is 0 Å². The minimum absolute atomic E-state index is 0.00300. The van der Waals surface area contributed by atoms with Crippen LogP contribution in [0, 0.1) is 5.92 Å². The highest BCUT2D eigenvalue weighted by Crippen LogP contribution is 2.19. The molecule has 144 valence electrons. The summed E-state index contributed by atoms with van der Waals surface area (Å²) >= 11 is 1.59. The lowest BCUT2D eigenvalue weighted by Gasteiger charge is -2.32. The first kappa shape index (κ1) is 19.5. The number of likely N-dealkylation sites (tertiary alicyclic amines) is 1. The van der Waals surface area contributed by atoms with Crippen LogP contribution >= 0.6 is 11.3 Å². The van der Waals surface area contributed by atoms with Crippen LogP contribution in [0.4, 0.5) is 0 Å². The lowest BCUT2D eigenvalue weighted by atomic mass is 9.96. The lowest BCUT2D eigenvalue weighted by Crippen LogP contribution is -2.46. The highest BCUT2D eigenvalue weighted by molar-refractivity contribution is 7.09. The normalized spacial score (nSPS) is 16.9. The molecule has 1 unspecified atom stereocenters. The van der Waals surface area contributed by atoms with Crippen LogP contribution in [0.5, 0.6) is 0 Å². The fraction of sp³-hybridized carbons (Fsp3) is 0.450. The summed E-state index contributed by atoms with van der Waals surface area (Å²) < 4.78 is 0. The Bertz CT molecular complexity index is 762. The number of hydrogen-bond acceptors (Lipinski definition) is 5. The molecule has 1 aliphatic rings. The summed E-state index contributed by atoms with van der Waals surface area (Å²) in [5.41, 5.74) is 7.46. The smallest absolute Gasteiger partial charge is 0.228 e. The molecule has 27 heavy (non-hydrogen) atoms. The van der Waals surface area contributed by atoms with E-state index in [0.29, 0.717) is 32.6 Å². The predicted octanol–water partition coefficient (Wildman–Crippen LogP) is 1.59. The predicted molar refractivity (Wildman–Crippen MR) is 106 cm³/mol. The first-order chi connectivity index (χ1) is 13.2. The number of piperidine rings is 1. The fourth-order valence-corrected chi connectivity index (χ4v) is 4.13. The van der Waals surface area contributed by atoms with Gasteiger partial charge in [0.25, 0.3) is 0 Å². The van der Waals surface area contributed by atoms with Gasteiger partial charge >= 0.3 is 0 Å². The Morgan fingerprint density at radius 2 is 2.11 bits per heavy atom. The van der Waals surface area contributed by atoms with Gasteiger partial charge in [-0.25, -0.2) is 4.98 Å². The third-order valence-corrected chi connectivity index (χ3v) is 5.62. The SMILES string of the molecule is NCCNC(=O)C1CCCN(C(=O)Cc2csc(Cc3ccccc3)n2)C1. The molecule has 3 N–H and O–H groups in total. The number of nitrogens with zero attached hydrogens (tertiary/aromatic N) is 2. The Hall–Kier alpha value is -2.25. The third-order valence-electron chi connectivity index (χ3n) is 4.72. The number of nitrogens with two attached hydrogens (primary N) is 1. The molecule has 1 atom stereocenters. The van der Waals surface area contributed by atoms with Crippen LogP contribution in [0.15, 0.2) is 35.7 Å². The summed E-state index contributed by atoms with van der Waals surface area (Å²) in [5, 5.41) is 5.80. The molecule has 7 heteroatoms. The standard InChI is InChI=1S/C20H26N4O2S/c21-8-9-22-20(26)16-7-4-10-24(13-16)19(25)12-17-14-27-18(23-17)11-15-5-2-1-3-6-15/h1-3,5-6,14,16H,4,7-13,21H2,(H,22,26).